The Labute approximate surface area is 93.8 Å². The maximum atomic E-state index is 5.68. The second kappa shape index (κ2) is 6.40. The van der Waals surface area contributed by atoms with Gasteiger partial charge in [0.25, 0.3) is 0 Å². The van der Waals surface area contributed by atoms with E-state index in [9.17, 15) is 0 Å². The predicted octanol–water partition coefficient (Wildman–Crippen LogP) is 2.10. The minimum absolute atomic E-state index is 0.0833. The topological polar surface area (TPSA) is 57.1 Å². The van der Waals surface area contributed by atoms with Gasteiger partial charge in [-0.3, -0.25) is 0 Å². The van der Waals surface area contributed by atoms with E-state index in [1.54, 1.807) is 0 Å². The predicted molar refractivity (Wildman–Crippen MR) is 56.4 cm³/mol. The summed E-state index contributed by atoms with van der Waals surface area (Å²) in [5.41, 5.74) is 0. The Morgan fingerprint density at radius 1 is 1.07 bits per heavy atom. The lowest BCUT2D eigenvalue weighted by Gasteiger charge is -2.05. The molecule has 1 rings (SSSR count). The molecule has 6 heteroatoms. The van der Waals surface area contributed by atoms with Gasteiger partial charge in [-0.05, 0) is 24.9 Å². The Morgan fingerprint density at radius 2 is 1.73 bits per heavy atom. The van der Waals surface area contributed by atoms with Crippen LogP contribution in [-0.4, -0.2) is 28.2 Å². The van der Waals surface area contributed by atoms with E-state index in [1.807, 2.05) is 6.92 Å². The fourth-order valence-corrected chi connectivity index (χ4v) is 1.03. The minimum Gasteiger partial charge on any atom is -0.464 e. The normalized spacial score (nSPS) is 10.1. The van der Waals surface area contributed by atoms with Crippen LogP contribution in [0.1, 0.15) is 26.7 Å². The zero-order chi connectivity index (χ0) is 11.1. The van der Waals surface area contributed by atoms with Crippen LogP contribution in [0.4, 0.5) is 0 Å². The first-order chi connectivity index (χ1) is 7.26. The van der Waals surface area contributed by atoms with Crippen molar-refractivity contribution in [2.45, 2.75) is 26.7 Å². The highest BCUT2D eigenvalue weighted by Crippen LogP contribution is 2.13. The van der Waals surface area contributed by atoms with E-state index in [0.29, 0.717) is 13.2 Å². The number of hydrogen-bond acceptors (Lipinski definition) is 5. The Kier molecular flexibility index (Phi) is 5.10. The van der Waals surface area contributed by atoms with Gasteiger partial charge in [-0.2, -0.15) is 9.97 Å². The van der Waals surface area contributed by atoms with Gasteiger partial charge in [0.2, 0.25) is 5.28 Å². The molecule has 0 saturated heterocycles. The summed E-state index contributed by atoms with van der Waals surface area (Å²) in [6.07, 6.45) is 2.00. The van der Waals surface area contributed by atoms with Gasteiger partial charge in [0.15, 0.2) is 0 Å². The van der Waals surface area contributed by atoms with Gasteiger partial charge in [0, 0.05) is 0 Å². The molecule has 0 radical (unpaired) electrons. The standard InChI is InChI=1S/C9H14ClN3O2/c1-3-5-6-15-9-12-7(10)11-8(13-9)14-4-2/h3-6H2,1-2H3. The third-order valence-corrected chi connectivity index (χ3v) is 1.74. The first-order valence-corrected chi connectivity index (χ1v) is 5.31. The fourth-order valence-electron chi connectivity index (χ4n) is 0.881. The molecular weight excluding hydrogens is 218 g/mol. The first kappa shape index (κ1) is 12.0. The van der Waals surface area contributed by atoms with Crippen LogP contribution in [0.25, 0.3) is 0 Å². The van der Waals surface area contributed by atoms with Crippen molar-refractivity contribution in [3.05, 3.63) is 5.28 Å². The molecule has 1 aromatic heterocycles. The molecule has 0 N–H and O–H groups in total. The lowest BCUT2D eigenvalue weighted by Crippen LogP contribution is -2.05. The van der Waals surface area contributed by atoms with Crippen LogP contribution in [0.3, 0.4) is 0 Å². The number of ether oxygens (including phenoxy) is 2. The van der Waals surface area contributed by atoms with Crippen molar-refractivity contribution in [2.24, 2.45) is 0 Å². The molecule has 0 bridgehead atoms. The van der Waals surface area contributed by atoms with Gasteiger partial charge < -0.3 is 9.47 Å². The average molecular weight is 232 g/mol. The largest absolute Gasteiger partial charge is 0.464 e. The molecule has 0 saturated carbocycles. The molecule has 0 aliphatic rings. The van der Waals surface area contributed by atoms with E-state index < -0.39 is 0 Å². The number of aromatic nitrogens is 3. The second-order valence-electron chi connectivity index (χ2n) is 2.80. The zero-order valence-corrected chi connectivity index (χ0v) is 9.62. The molecule has 0 aliphatic heterocycles. The molecular formula is C9H14ClN3O2. The summed E-state index contributed by atoms with van der Waals surface area (Å²) in [7, 11) is 0. The summed E-state index contributed by atoms with van der Waals surface area (Å²) in [6, 6.07) is 0.413. The SMILES string of the molecule is CCCCOc1nc(Cl)nc(OCC)n1. The monoisotopic (exact) mass is 231 g/mol. The van der Waals surface area contributed by atoms with E-state index in [-0.39, 0.29) is 17.3 Å². The first-order valence-electron chi connectivity index (χ1n) is 4.93. The van der Waals surface area contributed by atoms with Crippen molar-refractivity contribution in [2.75, 3.05) is 13.2 Å². The summed E-state index contributed by atoms with van der Waals surface area (Å²) < 4.78 is 10.4. The summed E-state index contributed by atoms with van der Waals surface area (Å²) in [5.74, 6) is 0. The van der Waals surface area contributed by atoms with Gasteiger partial charge in [-0.1, -0.05) is 13.3 Å². The van der Waals surface area contributed by atoms with Crippen molar-refractivity contribution in [3.63, 3.8) is 0 Å². The van der Waals surface area contributed by atoms with Crippen LogP contribution >= 0.6 is 11.6 Å². The summed E-state index contributed by atoms with van der Waals surface area (Å²) in [6.45, 7) is 4.97. The van der Waals surface area contributed by atoms with E-state index in [2.05, 4.69) is 21.9 Å². The molecule has 1 heterocycles. The van der Waals surface area contributed by atoms with Crippen LogP contribution in [0.15, 0.2) is 0 Å². The molecule has 0 spiro atoms. The van der Waals surface area contributed by atoms with Crippen molar-refractivity contribution in [1.82, 2.24) is 15.0 Å². The number of halogens is 1. The molecule has 0 aliphatic carbocycles. The van der Waals surface area contributed by atoms with Crippen LogP contribution in [-0.2, 0) is 0 Å². The van der Waals surface area contributed by atoms with Gasteiger partial charge >= 0.3 is 12.0 Å². The summed E-state index contributed by atoms with van der Waals surface area (Å²) in [4.78, 5) is 11.6. The Hall–Kier alpha value is -1.10. The van der Waals surface area contributed by atoms with Crippen LogP contribution < -0.4 is 9.47 Å². The fraction of sp³-hybridized carbons (Fsp3) is 0.667. The van der Waals surface area contributed by atoms with E-state index in [0.717, 1.165) is 12.8 Å². The lowest BCUT2D eigenvalue weighted by atomic mass is 10.4. The number of hydrogen-bond donors (Lipinski definition) is 0. The average Bonchev–Trinajstić information content (AvgIpc) is 2.18. The van der Waals surface area contributed by atoms with Crippen molar-refractivity contribution in [1.29, 1.82) is 0 Å². The molecule has 0 fully saturated rings. The third-order valence-electron chi connectivity index (χ3n) is 1.57. The maximum absolute atomic E-state index is 5.68. The number of rotatable bonds is 6. The quantitative estimate of drug-likeness (QED) is 0.702. The lowest BCUT2D eigenvalue weighted by molar-refractivity contribution is 0.265. The van der Waals surface area contributed by atoms with Crippen molar-refractivity contribution in [3.8, 4) is 12.0 Å². The highest BCUT2D eigenvalue weighted by Gasteiger charge is 2.06. The van der Waals surface area contributed by atoms with Crippen LogP contribution in [0.5, 0.6) is 12.0 Å². The Morgan fingerprint density at radius 3 is 2.33 bits per heavy atom. The highest BCUT2D eigenvalue weighted by molar-refractivity contribution is 6.28. The van der Waals surface area contributed by atoms with Gasteiger partial charge in [-0.15, -0.1) is 4.98 Å². The van der Waals surface area contributed by atoms with Crippen LogP contribution in [0, 0.1) is 0 Å². The molecule has 1 aromatic rings. The Balaban J connectivity index is 2.62. The number of unbranched alkanes of at least 4 members (excludes halogenated alkanes) is 1. The van der Waals surface area contributed by atoms with Crippen molar-refractivity contribution < 1.29 is 9.47 Å². The molecule has 5 nitrogen and oxygen atoms in total. The highest BCUT2D eigenvalue weighted by atomic mass is 35.5. The summed E-state index contributed by atoms with van der Waals surface area (Å²) >= 11 is 5.68. The third kappa shape index (κ3) is 4.29. The van der Waals surface area contributed by atoms with Crippen LogP contribution in [0.2, 0.25) is 5.28 Å². The summed E-state index contributed by atoms with van der Waals surface area (Å²) in [5, 5.41) is 0.0833. The van der Waals surface area contributed by atoms with Crippen molar-refractivity contribution >= 4 is 11.6 Å². The molecule has 15 heavy (non-hydrogen) atoms. The molecule has 0 unspecified atom stereocenters. The van der Waals surface area contributed by atoms with Gasteiger partial charge in [0.1, 0.15) is 0 Å². The Bertz CT molecular complexity index is 309. The molecule has 84 valence electrons. The van der Waals surface area contributed by atoms with E-state index >= 15 is 0 Å². The maximum Gasteiger partial charge on any atom is 0.323 e. The second-order valence-corrected chi connectivity index (χ2v) is 3.14. The molecule has 0 atom stereocenters. The van der Waals surface area contributed by atoms with E-state index in [4.69, 9.17) is 21.1 Å². The van der Waals surface area contributed by atoms with E-state index in [1.165, 1.54) is 0 Å². The van der Waals surface area contributed by atoms with Gasteiger partial charge in [0.05, 0.1) is 13.2 Å². The molecule has 0 aromatic carbocycles. The van der Waals surface area contributed by atoms with Gasteiger partial charge in [-0.25, -0.2) is 0 Å². The smallest absolute Gasteiger partial charge is 0.323 e. The zero-order valence-electron chi connectivity index (χ0n) is 8.86. The minimum atomic E-state index is 0.0833. The number of nitrogens with zero attached hydrogens (tertiary/aromatic N) is 3. The molecule has 0 amide bonds.